The van der Waals surface area contributed by atoms with E-state index in [9.17, 15) is 13.2 Å². The molecule has 31 heavy (non-hydrogen) atoms. The normalized spacial score (nSPS) is 22.9. The number of carbonyl (C=O) groups is 1. The average Bonchev–Trinajstić information content (AvgIpc) is 3.30. The summed E-state index contributed by atoms with van der Waals surface area (Å²) >= 11 is 7.10. The largest absolute Gasteiger partial charge is 0.350 e. The number of thiophene rings is 1. The van der Waals surface area contributed by atoms with Crippen molar-refractivity contribution in [3.63, 3.8) is 0 Å². The molecule has 2 N–H and O–H groups in total. The molecule has 1 aromatic heterocycles. The van der Waals surface area contributed by atoms with Gasteiger partial charge in [0, 0.05) is 42.6 Å². The summed E-state index contributed by atoms with van der Waals surface area (Å²) in [5, 5.41) is 3.70. The van der Waals surface area contributed by atoms with Gasteiger partial charge in [0.2, 0.25) is 0 Å². The first kappa shape index (κ1) is 22.7. The number of hydroxylamine groups is 1. The molecule has 0 bridgehead atoms. The van der Waals surface area contributed by atoms with Gasteiger partial charge in [-0.05, 0) is 42.7 Å². The van der Waals surface area contributed by atoms with Crippen molar-refractivity contribution >= 4 is 38.9 Å². The Balaban J connectivity index is 1.48. The SMILES string of the molecule is O=C(NOC1CCCCO1)[C@H]1CNCCN1S(=O)(=O)c1ccc(-c2ccc(Cl)cc2)s1. The van der Waals surface area contributed by atoms with Gasteiger partial charge in [-0.25, -0.2) is 18.7 Å². The van der Waals surface area contributed by atoms with Crippen LogP contribution in [0.4, 0.5) is 0 Å². The maximum Gasteiger partial charge on any atom is 0.263 e. The van der Waals surface area contributed by atoms with Gasteiger partial charge in [-0.2, -0.15) is 4.31 Å². The third kappa shape index (κ3) is 5.28. The maximum absolute atomic E-state index is 13.3. The van der Waals surface area contributed by atoms with Gasteiger partial charge in [0.25, 0.3) is 15.9 Å². The fourth-order valence-electron chi connectivity index (χ4n) is 3.54. The zero-order valence-electron chi connectivity index (χ0n) is 16.8. The Kier molecular flexibility index (Phi) is 7.27. The van der Waals surface area contributed by atoms with Crippen molar-refractivity contribution in [3.05, 3.63) is 41.4 Å². The number of carbonyl (C=O) groups excluding carboxylic acids is 1. The molecule has 2 saturated heterocycles. The third-order valence-corrected chi connectivity index (χ3v) is 8.96. The molecular formula is C20H24ClN3O5S2. The van der Waals surface area contributed by atoms with E-state index in [1.807, 2.05) is 12.1 Å². The summed E-state index contributed by atoms with van der Waals surface area (Å²) < 4.78 is 33.6. The van der Waals surface area contributed by atoms with Crippen LogP contribution >= 0.6 is 22.9 Å². The van der Waals surface area contributed by atoms with Crippen LogP contribution in [0.2, 0.25) is 5.02 Å². The molecule has 2 fully saturated rings. The quantitative estimate of drug-likeness (QED) is 0.610. The topological polar surface area (TPSA) is 97.0 Å². The van der Waals surface area contributed by atoms with Gasteiger partial charge in [0.05, 0.1) is 0 Å². The lowest BCUT2D eigenvalue weighted by Gasteiger charge is -2.34. The van der Waals surface area contributed by atoms with E-state index in [0.717, 1.165) is 23.3 Å². The number of nitrogens with zero attached hydrogens (tertiary/aromatic N) is 1. The molecule has 0 aliphatic carbocycles. The monoisotopic (exact) mass is 485 g/mol. The van der Waals surface area contributed by atoms with Crippen LogP contribution in [0, 0.1) is 0 Å². The van der Waals surface area contributed by atoms with Crippen LogP contribution < -0.4 is 10.8 Å². The van der Waals surface area contributed by atoms with Gasteiger partial charge < -0.3 is 10.1 Å². The highest BCUT2D eigenvalue weighted by Crippen LogP contribution is 2.33. The van der Waals surface area contributed by atoms with E-state index in [1.54, 1.807) is 24.3 Å². The zero-order chi connectivity index (χ0) is 21.8. The highest BCUT2D eigenvalue weighted by molar-refractivity contribution is 7.91. The predicted octanol–water partition coefficient (Wildman–Crippen LogP) is 2.61. The second kappa shape index (κ2) is 9.95. The molecule has 2 atom stereocenters. The molecule has 1 aromatic carbocycles. The molecule has 0 radical (unpaired) electrons. The molecular weight excluding hydrogens is 462 g/mol. The molecule has 0 spiro atoms. The summed E-state index contributed by atoms with van der Waals surface area (Å²) in [6, 6.07) is 9.64. The molecule has 2 aliphatic heterocycles. The van der Waals surface area contributed by atoms with E-state index in [4.69, 9.17) is 21.2 Å². The predicted molar refractivity (Wildman–Crippen MR) is 118 cm³/mol. The van der Waals surface area contributed by atoms with Gasteiger partial charge in [-0.1, -0.05) is 23.7 Å². The van der Waals surface area contributed by atoms with E-state index >= 15 is 0 Å². The van der Waals surface area contributed by atoms with Crippen molar-refractivity contribution < 1.29 is 22.8 Å². The van der Waals surface area contributed by atoms with Crippen LogP contribution in [0.1, 0.15) is 19.3 Å². The number of benzene rings is 1. The number of hydrogen-bond acceptors (Lipinski definition) is 7. The van der Waals surface area contributed by atoms with Crippen LogP contribution in [0.5, 0.6) is 0 Å². The Labute approximate surface area is 190 Å². The second-order valence-electron chi connectivity index (χ2n) is 7.34. The standard InChI is InChI=1S/C20H24ClN3O5S2/c21-15-6-4-14(5-7-15)17-8-9-19(30-17)31(26,27)24-11-10-22-13-16(24)20(25)23-29-18-3-1-2-12-28-18/h4-9,16,18,22H,1-3,10-13H2,(H,23,25)/t16-,18?/m1/s1. The van der Waals surface area contributed by atoms with Crippen molar-refractivity contribution in [2.24, 2.45) is 0 Å². The van der Waals surface area contributed by atoms with Gasteiger partial charge in [0.1, 0.15) is 10.3 Å². The second-order valence-corrected chi connectivity index (χ2v) is 11.0. The molecule has 4 rings (SSSR count). The summed E-state index contributed by atoms with van der Waals surface area (Å²) in [6.45, 7) is 1.44. The number of amides is 1. The van der Waals surface area contributed by atoms with Crippen LogP contribution in [0.15, 0.2) is 40.6 Å². The van der Waals surface area contributed by atoms with Crippen molar-refractivity contribution in [3.8, 4) is 10.4 Å². The number of ether oxygens (including phenoxy) is 1. The molecule has 2 aliphatic rings. The number of halogens is 1. The van der Waals surface area contributed by atoms with Crippen molar-refractivity contribution in [1.29, 1.82) is 0 Å². The third-order valence-electron chi connectivity index (χ3n) is 5.20. The lowest BCUT2D eigenvalue weighted by Crippen LogP contribution is -2.59. The minimum Gasteiger partial charge on any atom is -0.350 e. The minimum absolute atomic E-state index is 0.189. The molecule has 2 aromatic rings. The first-order chi connectivity index (χ1) is 14.9. The lowest BCUT2D eigenvalue weighted by atomic mass is 10.2. The van der Waals surface area contributed by atoms with E-state index in [-0.39, 0.29) is 17.3 Å². The summed E-state index contributed by atoms with van der Waals surface area (Å²) in [5.41, 5.74) is 3.27. The van der Waals surface area contributed by atoms with Crippen molar-refractivity contribution in [2.75, 3.05) is 26.2 Å². The first-order valence-electron chi connectivity index (χ1n) is 10.1. The number of piperazine rings is 1. The average molecular weight is 486 g/mol. The van der Waals surface area contributed by atoms with E-state index < -0.39 is 28.3 Å². The number of sulfonamides is 1. The van der Waals surface area contributed by atoms with Crippen molar-refractivity contribution in [1.82, 2.24) is 15.1 Å². The summed E-state index contributed by atoms with van der Waals surface area (Å²) in [5.74, 6) is -0.514. The van der Waals surface area contributed by atoms with Crippen LogP contribution in [-0.2, 0) is 24.4 Å². The summed E-state index contributed by atoms with van der Waals surface area (Å²) in [4.78, 5) is 18.9. The summed E-state index contributed by atoms with van der Waals surface area (Å²) in [7, 11) is -3.86. The fraction of sp³-hybridized carbons (Fsp3) is 0.450. The highest BCUT2D eigenvalue weighted by atomic mass is 35.5. The number of hydrogen-bond donors (Lipinski definition) is 2. The van der Waals surface area contributed by atoms with Crippen LogP contribution in [0.3, 0.4) is 0 Å². The van der Waals surface area contributed by atoms with Gasteiger partial charge in [-0.3, -0.25) is 4.79 Å². The first-order valence-corrected chi connectivity index (χ1v) is 12.7. The van der Waals surface area contributed by atoms with Crippen molar-refractivity contribution in [2.45, 2.75) is 35.8 Å². The molecule has 0 saturated carbocycles. The highest BCUT2D eigenvalue weighted by Gasteiger charge is 2.39. The molecule has 8 nitrogen and oxygen atoms in total. The molecule has 1 unspecified atom stereocenters. The molecule has 3 heterocycles. The van der Waals surface area contributed by atoms with Gasteiger partial charge >= 0.3 is 0 Å². The Morgan fingerprint density at radius 3 is 2.77 bits per heavy atom. The zero-order valence-corrected chi connectivity index (χ0v) is 19.1. The Morgan fingerprint density at radius 1 is 1.23 bits per heavy atom. The van der Waals surface area contributed by atoms with Crippen LogP contribution in [-0.4, -0.2) is 57.2 Å². The van der Waals surface area contributed by atoms with Gasteiger partial charge in [0.15, 0.2) is 6.29 Å². The lowest BCUT2D eigenvalue weighted by molar-refractivity contribution is -0.202. The van der Waals surface area contributed by atoms with E-state index in [2.05, 4.69) is 10.8 Å². The van der Waals surface area contributed by atoms with Gasteiger partial charge in [-0.15, -0.1) is 11.3 Å². The van der Waals surface area contributed by atoms with Crippen LogP contribution in [0.25, 0.3) is 10.4 Å². The smallest absolute Gasteiger partial charge is 0.263 e. The number of rotatable bonds is 6. The Morgan fingerprint density at radius 2 is 2.03 bits per heavy atom. The summed E-state index contributed by atoms with van der Waals surface area (Å²) in [6.07, 6.45) is 2.11. The van der Waals surface area contributed by atoms with E-state index in [1.165, 1.54) is 15.6 Å². The Hall–Kier alpha value is -1.53. The minimum atomic E-state index is -3.86. The molecule has 11 heteroatoms. The van der Waals surface area contributed by atoms with E-state index in [0.29, 0.717) is 24.6 Å². The maximum atomic E-state index is 13.3. The fourth-order valence-corrected chi connectivity index (χ4v) is 6.69. The Bertz CT molecular complexity index is 1010. The number of nitrogens with one attached hydrogen (secondary N) is 2. The molecule has 168 valence electrons. The molecule has 1 amide bonds.